The summed E-state index contributed by atoms with van der Waals surface area (Å²) in [5.41, 5.74) is 5.07. The second kappa shape index (κ2) is 7.12. The molecule has 0 spiro atoms. The molecule has 0 radical (unpaired) electrons. The van der Waals surface area contributed by atoms with Crippen LogP contribution in [0.4, 0.5) is 18.9 Å². The first kappa shape index (κ1) is 18.5. The Balaban J connectivity index is 1.88. The van der Waals surface area contributed by atoms with Crippen LogP contribution < -0.4 is 16.8 Å². The van der Waals surface area contributed by atoms with Crippen LogP contribution >= 0.6 is 0 Å². The van der Waals surface area contributed by atoms with E-state index in [2.05, 4.69) is 15.5 Å². The molecule has 1 fully saturated rings. The fourth-order valence-corrected chi connectivity index (χ4v) is 2.92. The van der Waals surface area contributed by atoms with Gasteiger partial charge in [-0.2, -0.15) is 13.2 Å². The molecule has 142 valence electrons. The van der Waals surface area contributed by atoms with Gasteiger partial charge in [-0.05, 0) is 38.0 Å². The number of aromatic nitrogens is 2. The van der Waals surface area contributed by atoms with Gasteiger partial charge < -0.3 is 20.2 Å². The molecule has 1 saturated heterocycles. The maximum Gasteiger partial charge on any atom is 0.434 e. The lowest BCUT2D eigenvalue weighted by Crippen LogP contribution is -2.42. The molecule has 10 heteroatoms. The molecule has 1 aromatic heterocycles. The number of benzene rings is 1. The Morgan fingerprint density at radius 1 is 1.38 bits per heavy atom. The summed E-state index contributed by atoms with van der Waals surface area (Å²) in [6.45, 7) is 2.13. The minimum atomic E-state index is -4.54. The van der Waals surface area contributed by atoms with Gasteiger partial charge in [-0.1, -0.05) is 0 Å². The van der Waals surface area contributed by atoms with Gasteiger partial charge in [0, 0.05) is 23.3 Å². The van der Waals surface area contributed by atoms with E-state index in [9.17, 15) is 18.0 Å². The summed E-state index contributed by atoms with van der Waals surface area (Å²) in [7, 11) is 0. The molecular weight excluding hydrogens is 353 g/mol. The first-order valence-corrected chi connectivity index (χ1v) is 8.15. The number of rotatable bonds is 4. The monoisotopic (exact) mass is 372 g/mol. The zero-order valence-corrected chi connectivity index (χ0v) is 14.0. The van der Waals surface area contributed by atoms with Crippen molar-refractivity contribution in [2.75, 3.05) is 11.9 Å². The van der Waals surface area contributed by atoms with Gasteiger partial charge in [-0.25, -0.2) is 9.89 Å². The normalized spacial score (nSPS) is 22.2. The quantitative estimate of drug-likeness (QED) is 0.761. The number of H-pyrrole nitrogens is 1. The van der Waals surface area contributed by atoms with Gasteiger partial charge in [0.1, 0.15) is 0 Å². The van der Waals surface area contributed by atoms with E-state index < -0.39 is 17.5 Å². The second-order valence-electron chi connectivity index (χ2n) is 6.32. The molecule has 3 rings (SSSR count). The number of alkyl halides is 3. The topological polar surface area (TPSA) is 106 Å². The van der Waals surface area contributed by atoms with Crippen LogP contribution in [-0.2, 0) is 10.9 Å². The molecule has 0 amide bonds. The maximum absolute atomic E-state index is 13.3. The summed E-state index contributed by atoms with van der Waals surface area (Å²) >= 11 is 0. The van der Waals surface area contributed by atoms with E-state index in [1.165, 1.54) is 12.1 Å². The van der Waals surface area contributed by atoms with E-state index in [0.29, 0.717) is 13.0 Å². The van der Waals surface area contributed by atoms with Gasteiger partial charge >= 0.3 is 11.9 Å². The van der Waals surface area contributed by atoms with Crippen molar-refractivity contribution in [1.82, 2.24) is 10.2 Å². The van der Waals surface area contributed by atoms with Crippen LogP contribution in [0.1, 0.15) is 25.3 Å². The van der Waals surface area contributed by atoms with Crippen molar-refractivity contribution < 1.29 is 22.3 Å². The third-order valence-corrected chi connectivity index (χ3v) is 4.30. The molecule has 26 heavy (non-hydrogen) atoms. The minimum absolute atomic E-state index is 0.0462. The Morgan fingerprint density at radius 3 is 2.73 bits per heavy atom. The van der Waals surface area contributed by atoms with Crippen molar-refractivity contribution >= 4 is 5.69 Å². The number of anilines is 1. The fraction of sp³-hybridized carbons (Fsp3) is 0.500. The van der Waals surface area contributed by atoms with E-state index in [1.807, 2.05) is 0 Å². The van der Waals surface area contributed by atoms with Crippen molar-refractivity contribution in [3.8, 4) is 11.5 Å². The van der Waals surface area contributed by atoms with E-state index in [4.69, 9.17) is 14.9 Å². The Labute approximate surface area is 146 Å². The SMILES string of the molecule is CC(Nc1cc(-c2n[nH]c(=O)o2)ccc1C(F)(F)F)[C@@H]1CC[C@@H](N)CO1. The smallest absolute Gasteiger partial charge is 0.388 e. The lowest BCUT2D eigenvalue weighted by atomic mass is 10.00. The van der Waals surface area contributed by atoms with Crippen molar-refractivity contribution in [2.24, 2.45) is 5.73 Å². The Kier molecular flexibility index (Phi) is 5.05. The zero-order chi connectivity index (χ0) is 18.9. The molecular formula is C16H19F3N4O3. The Bertz CT molecular complexity index is 810. The molecule has 7 nitrogen and oxygen atoms in total. The molecule has 1 aliphatic rings. The molecule has 0 bridgehead atoms. The molecule has 1 aliphatic heterocycles. The number of nitrogens with zero attached hydrogens (tertiary/aromatic N) is 1. The van der Waals surface area contributed by atoms with Crippen LogP contribution in [0.3, 0.4) is 0 Å². The average molecular weight is 372 g/mol. The van der Waals surface area contributed by atoms with Gasteiger partial charge in [0.05, 0.1) is 18.3 Å². The predicted octanol–water partition coefficient (Wildman–Crippen LogP) is 2.36. The van der Waals surface area contributed by atoms with Crippen LogP contribution in [0.15, 0.2) is 27.4 Å². The van der Waals surface area contributed by atoms with E-state index in [0.717, 1.165) is 12.5 Å². The largest absolute Gasteiger partial charge is 0.434 e. The van der Waals surface area contributed by atoms with Crippen LogP contribution in [0.2, 0.25) is 0 Å². The Morgan fingerprint density at radius 2 is 2.15 bits per heavy atom. The molecule has 1 aromatic carbocycles. The summed E-state index contributed by atoms with van der Waals surface area (Å²) in [5.74, 6) is -0.867. The standard InChI is InChI=1S/C16H19F3N4O3/c1-8(13-5-3-10(20)7-25-13)21-12-6-9(14-22-23-15(24)26-14)2-4-11(12)16(17,18)19/h2,4,6,8,10,13,21H,3,5,7,20H2,1H3,(H,23,24)/t8?,10-,13+/m1/s1. The van der Waals surface area contributed by atoms with Crippen molar-refractivity contribution in [1.29, 1.82) is 0 Å². The third-order valence-electron chi connectivity index (χ3n) is 4.30. The number of ether oxygens (including phenoxy) is 1. The van der Waals surface area contributed by atoms with Crippen LogP contribution in [-0.4, -0.2) is 35.0 Å². The number of aromatic amines is 1. The summed E-state index contributed by atoms with van der Waals surface area (Å²) in [4.78, 5) is 11.1. The number of halogens is 3. The second-order valence-corrected chi connectivity index (χ2v) is 6.32. The van der Waals surface area contributed by atoms with Gasteiger partial charge in [0.25, 0.3) is 0 Å². The lowest BCUT2D eigenvalue weighted by Gasteiger charge is -2.32. The third kappa shape index (κ3) is 4.07. The first-order chi connectivity index (χ1) is 12.2. The van der Waals surface area contributed by atoms with Crippen LogP contribution in [0.5, 0.6) is 0 Å². The summed E-state index contributed by atoms with van der Waals surface area (Å²) < 4.78 is 50.5. The molecule has 3 atom stereocenters. The molecule has 0 saturated carbocycles. The van der Waals surface area contributed by atoms with Crippen molar-refractivity contribution in [3.63, 3.8) is 0 Å². The summed E-state index contributed by atoms with van der Waals surface area (Å²) in [6, 6.07) is 2.97. The number of hydrogen-bond acceptors (Lipinski definition) is 6. The highest BCUT2D eigenvalue weighted by atomic mass is 19.4. The van der Waals surface area contributed by atoms with Gasteiger partial charge in [-0.3, -0.25) is 0 Å². The van der Waals surface area contributed by atoms with Crippen molar-refractivity contribution in [2.45, 2.75) is 44.1 Å². The molecule has 2 heterocycles. The van der Waals surface area contributed by atoms with Gasteiger partial charge in [0.15, 0.2) is 0 Å². The highest BCUT2D eigenvalue weighted by Crippen LogP contribution is 2.37. The molecule has 4 N–H and O–H groups in total. The molecule has 0 aliphatic carbocycles. The summed E-state index contributed by atoms with van der Waals surface area (Å²) in [6.07, 6.45) is -3.38. The van der Waals surface area contributed by atoms with Crippen molar-refractivity contribution in [3.05, 3.63) is 34.3 Å². The average Bonchev–Trinajstić information content (AvgIpc) is 3.01. The maximum atomic E-state index is 13.3. The zero-order valence-electron chi connectivity index (χ0n) is 14.0. The van der Waals surface area contributed by atoms with E-state index in [-0.39, 0.29) is 35.3 Å². The number of nitrogens with two attached hydrogens (primary N) is 1. The molecule has 2 aromatic rings. The number of hydrogen-bond donors (Lipinski definition) is 3. The minimum Gasteiger partial charge on any atom is -0.388 e. The lowest BCUT2D eigenvalue weighted by molar-refractivity contribution is -0.137. The first-order valence-electron chi connectivity index (χ1n) is 8.15. The highest BCUT2D eigenvalue weighted by Gasteiger charge is 2.35. The van der Waals surface area contributed by atoms with E-state index in [1.54, 1.807) is 6.92 Å². The van der Waals surface area contributed by atoms with Crippen LogP contribution in [0, 0.1) is 0 Å². The van der Waals surface area contributed by atoms with Gasteiger partial charge in [0.2, 0.25) is 5.89 Å². The Hall–Kier alpha value is -2.33. The fourth-order valence-electron chi connectivity index (χ4n) is 2.92. The predicted molar refractivity (Wildman–Crippen MR) is 87.6 cm³/mol. The highest BCUT2D eigenvalue weighted by molar-refractivity contribution is 5.65. The number of nitrogens with one attached hydrogen (secondary N) is 2. The van der Waals surface area contributed by atoms with Crippen LogP contribution in [0.25, 0.3) is 11.5 Å². The molecule has 1 unspecified atom stereocenters. The van der Waals surface area contributed by atoms with Gasteiger partial charge in [-0.15, -0.1) is 5.10 Å². The summed E-state index contributed by atoms with van der Waals surface area (Å²) in [5, 5.41) is 8.60. The van der Waals surface area contributed by atoms with E-state index >= 15 is 0 Å².